The number of azide groups is 1. The van der Waals surface area contributed by atoms with Gasteiger partial charge in [-0.2, -0.15) is 0 Å². The van der Waals surface area contributed by atoms with Crippen LogP contribution in [0, 0.1) is 0 Å². The number of carbonyl (C=O) groups excluding carboxylic acids is 2. The van der Waals surface area contributed by atoms with Crippen LogP contribution in [0.4, 0.5) is 4.79 Å². The van der Waals surface area contributed by atoms with Crippen LogP contribution in [0.1, 0.15) is 60.1 Å². The number of hydrogen-bond acceptors (Lipinski definition) is 8. The fraction of sp³-hybridized carbons (Fsp3) is 0.636. The Morgan fingerprint density at radius 2 is 1.55 bits per heavy atom. The molecule has 0 aliphatic heterocycles. The zero-order valence-electron chi connectivity index (χ0n) is 20.7. The first-order valence-electron chi connectivity index (χ1n) is 10.5. The van der Waals surface area contributed by atoms with Crippen LogP contribution in [-0.2, 0) is 14.3 Å². The average Bonchev–Trinajstić information content (AvgIpc) is 2.67. The van der Waals surface area contributed by atoms with Crippen molar-refractivity contribution < 1.29 is 33.3 Å². The van der Waals surface area contributed by atoms with E-state index in [1.165, 1.54) is 7.11 Å². The standard InChI is InChI=1S/C22H34N4O7/c1-12(2)31-15-10-14(11-16(19(15)29-8)32-13(3)4)17(18(25-26-23)20(27)30-9)24-21(28)33-22(5,6)7/h10-13,17-18H,1-9H3,(H,24,28)/t17-,18-/m1/s1. The number of ether oxygens (including phenoxy) is 5. The molecule has 0 spiro atoms. The van der Waals surface area contributed by atoms with Crippen LogP contribution in [-0.4, -0.2) is 50.1 Å². The molecule has 1 aromatic rings. The molecule has 11 nitrogen and oxygen atoms in total. The van der Waals surface area contributed by atoms with Crippen molar-refractivity contribution in [3.8, 4) is 17.2 Å². The lowest BCUT2D eigenvalue weighted by molar-refractivity contribution is -0.142. The predicted octanol–water partition coefficient (Wildman–Crippen LogP) is 4.69. The largest absolute Gasteiger partial charge is 0.490 e. The first-order chi connectivity index (χ1) is 15.3. The summed E-state index contributed by atoms with van der Waals surface area (Å²) in [5.74, 6) is 0.139. The maximum absolute atomic E-state index is 12.6. The molecule has 1 rings (SSSR count). The number of carbonyl (C=O) groups is 2. The summed E-state index contributed by atoms with van der Waals surface area (Å²) < 4.78 is 27.4. The lowest BCUT2D eigenvalue weighted by Gasteiger charge is -2.28. The molecule has 1 N–H and O–H groups in total. The lowest BCUT2D eigenvalue weighted by atomic mass is 9.98. The highest BCUT2D eigenvalue weighted by molar-refractivity contribution is 5.79. The highest BCUT2D eigenvalue weighted by Gasteiger charge is 2.34. The number of nitrogens with zero attached hydrogens (tertiary/aromatic N) is 3. The summed E-state index contributed by atoms with van der Waals surface area (Å²) in [6, 6.07) is 0.575. The fourth-order valence-corrected chi connectivity index (χ4v) is 2.87. The molecule has 0 aromatic heterocycles. The number of rotatable bonds is 10. The van der Waals surface area contributed by atoms with Gasteiger partial charge in [0.05, 0.1) is 32.5 Å². The van der Waals surface area contributed by atoms with E-state index >= 15 is 0 Å². The van der Waals surface area contributed by atoms with Gasteiger partial charge in [0.15, 0.2) is 17.5 Å². The van der Waals surface area contributed by atoms with Crippen LogP contribution in [0.3, 0.4) is 0 Å². The maximum Gasteiger partial charge on any atom is 0.408 e. The molecule has 33 heavy (non-hydrogen) atoms. The zero-order valence-corrected chi connectivity index (χ0v) is 20.7. The van der Waals surface area contributed by atoms with Crippen molar-refractivity contribution >= 4 is 12.1 Å². The van der Waals surface area contributed by atoms with E-state index in [-0.39, 0.29) is 12.2 Å². The van der Waals surface area contributed by atoms with Gasteiger partial charge in [-0.25, -0.2) is 4.79 Å². The third-order valence-electron chi connectivity index (χ3n) is 3.94. The predicted molar refractivity (Wildman–Crippen MR) is 122 cm³/mol. The molecule has 1 aromatic carbocycles. The minimum absolute atomic E-state index is 0.216. The number of alkyl carbamates (subject to hydrolysis) is 1. The number of hydrogen-bond donors (Lipinski definition) is 1. The first-order valence-corrected chi connectivity index (χ1v) is 10.5. The van der Waals surface area contributed by atoms with E-state index in [9.17, 15) is 9.59 Å². The highest BCUT2D eigenvalue weighted by Crippen LogP contribution is 2.42. The normalized spacial score (nSPS) is 12.9. The van der Waals surface area contributed by atoms with Crippen LogP contribution in [0.25, 0.3) is 10.4 Å². The van der Waals surface area contributed by atoms with Gasteiger partial charge in [-0.15, -0.1) is 0 Å². The molecule has 11 heteroatoms. The molecule has 0 aliphatic carbocycles. The van der Waals surface area contributed by atoms with Crippen LogP contribution in [0.2, 0.25) is 0 Å². The second kappa shape index (κ2) is 12.1. The Labute approximate surface area is 194 Å². The molecule has 0 saturated carbocycles. The lowest BCUT2D eigenvalue weighted by Crippen LogP contribution is -2.42. The summed E-state index contributed by atoms with van der Waals surface area (Å²) in [6.45, 7) is 12.4. The number of methoxy groups -OCH3 is 2. The van der Waals surface area contributed by atoms with Gasteiger partial charge in [0.2, 0.25) is 5.75 Å². The van der Waals surface area contributed by atoms with Crippen molar-refractivity contribution in [1.82, 2.24) is 5.32 Å². The molecule has 1 amide bonds. The summed E-state index contributed by atoms with van der Waals surface area (Å²) in [4.78, 5) is 27.8. The molecule has 0 heterocycles. The van der Waals surface area contributed by atoms with Gasteiger partial charge in [-0.05, 0) is 71.7 Å². The maximum atomic E-state index is 12.6. The van der Waals surface area contributed by atoms with E-state index in [4.69, 9.17) is 29.2 Å². The molecule has 184 valence electrons. The van der Waals surface area contributed by atoms with Gasteiger partial charge in [-0.1, -0.05) is 5.11 Å². The van der Waals surface area contributed by atoms with Crippen LogP contribution in [0.15, 0.2) is 17.2 Å². The summed E-state index contributed by atoms with van der Waals surface area (Å²) in [7, 11) is 2.63. The molecule has 0 unspecified atom stereocenters. The van der Waals surface area contributed by atoms with E-state index in [0.29, 0.717) is 22.8 Å². The average molecular weight is 467 g/mol. The Hall–Kier alpha value is -3.33. The Kier molecular flexibility index (Phi) is 10.1. The molecule has 0 bridgehead atoms. The fourth-order valence-electron chi connectivity index (χ4n) is 2.87. The third-order valence-corrected chi connectivity index (χ3v) is 3.94. The topological polar surface area (TPSA) is 141 Å². The van der Waals surface area contributed by atoms with E-state index in [1.54, 1.807) is 32.9 Å². The minimum Gasteiger partial charge on any atom is -0.490 e. The molecule has 0 aliphatic rings. The highest BCUT2D eigenvalue weighted by atomic mass is 16.6. The first kappa shape index (κ1) is 27.7. The molecule has 0 saturated heterocycles. The van der Waals surface area contributed by atoms with E-state index < -0.39 is 29.7 Å². The van der Waals surface area contributed by atoms with Crippen molar-refractivity contribution in [3.05, 3.63) is 28.1 Å². The smallest absolute Gasteiger partial charge is 0.408 e. The van der Waals surface area contributed by atoms with Gasteiger partial charge >= 0.3 is 12.1 Å². The van der Waals surface area contributed by atoms with Crippen molar-refractivity contribution in [3.63, 3.8) is 0 Å². The van der Waals surface area contributed by atoms with Gasteiger partial charge in [0, 0.05) is 4.91 Å². The second-order valence-electron chi connectivity index (χ2n) is 8.68. The quantitative estimate of drug-likeness (QED) is 0.228. The number of benzene rings is 1. The molecule has 0 fully saturated rings. The van der Waals surface area contributed by atoms with Crippen molar-refractivity contribution in [1.29, 1.82) is 0 Å². The Bertz CT molecular complexity index is 843. The summed E-state index contributed by atoms with van der Waals surface area (Å²) >= 11 is 0. The second-order valence-corrected chi connectivity index (χ2v) is 8.68. The van der Waals surface area contributed by atoms with E-state index in [0.717, 1.165) is 7.11 Å². The molecule has 0 radical (unpaired) electrons. The van der Waals surface area contributed by atoms with Gasteiger partial charge < -0.3 is 29.0 Å². The summed E-state index contributed by atoms with van der Waals surface area (Å²) in [5.41, 5.74) is 8.62. The number of esters is 1. The zero-order chi connectivity index (χ0) is 25.3. The third kappa shape index (κ3) is 8.61. The molecule has 2 atom stereocenters. The van der Waals surface area contributed by atoms with E-state index in [1.807, 2.05) is 27.7 Å². The van der Waals surface area contributed by atoms with Crippen LogP contribution < -0.4 is 19.5 Å². The monoisotopic (exact) mass is 466 g/mol. The number of nitrogens with one attached hydrogen (secondary N) is 1. The Morgan fingerprint density at radius 1 is 1.03 bits per heavy atom. The molecular weight excluding hydrogens is 432 g/mol. The van der Waals surface area contributed by atoms with Gasteiger partial charge in [0.1, 0.15) is 5.60 Å². The van der Waals surface area contributed by atoms with Crippen LogP contribution in [0.5, 0.6) is 17.2 Å². The minimum atomic E-state index is -1.43. The van der Waals surface area contributed by atoms with Crippen LogP contribution >= 0.6 is 0 Å². The van der Waals surface area contributed by atoms with Crippen molar-refractivity contribution in [2.75, 3.05) is 14.2 Å². The van der Waals surface area contributed by atoms with Gasteiger partial charge in [-0.3, -0.25) is 4.79 Å². The van der Waals surface area contributed by atoms with E-state index in [2.05, 4.69) is 15.3 Å². The summed E-state index contributed by atoms with van der Waals surface area (Å²) in [6.07, 6.45) is -1.25. The summed E-state index contributed by atoms with van der Waals surface area (Å²) in [5, 5.41) is 6.18. The molecular formula is C22H34N4O7. The van der Waals surface area contributed by atoms with Crippen molar-refractivity contribution in [2.45, 2.75) is 78.4 Å². The van der Waals surface area contributed by atoms with Gasteiger partial charge in [0.25, 0.3) is 0 Å². The van der Waals surface area contributed by atoms with Crippen molar-refractivity contribution in [2.24, 2.45) is 5.11 Å². The SMILES string of the molecule is COC(=O)[C@H](N=[N+]=[N-])[C@H](NC(=O)OC(C)(C)C)c1cc(OC(C)C)c(OC)c(OC(C)C)c1. The number of amides is 1. The Morgan fingerprint density at radius 3 is 1.91 bits per heavy atom. The Balaban J connectivity index is 3.73.